The van der Waals surface area contributed by atoms with E-state index in [2.05, 4.69) is 25.5 Å². The summed E-state index contributed by atoms with van der Waals surface area (Å²) in [4.78, 5) is 23.8. The number of nitrogens with zero attached hydrogens (tertiary/aromatic N) is 2. The Morgan fingerprint density at radius 1 is 1.18 bits per heavy atom. The minimum absolute atomic E-state index is 0.0689. The highest BCUT2D eigenvalue weighted by Crippen LogP contribution is 2.33. The molecular formula is C18H13F2N5O2S. The molecule has 0 unspecified atom stereocenters. The minimum Gasteiger partial charge on any atom is -0.459 e. The zero-order chi connectivity index (χ0) is 19.5. The van der Waals surface area contributed by atoms with Crippen molar-refractivity contribution in [3.8, 4) is 6.01 Å². The molecule has 1 aliphatic rings. The molecule has 2 heterocycles. The van der Waals surface area contributed by atoms with Crippen molar-refractivity contribution in [1.29, 1.82) is 0 Å². The van der Waals surface area contributed by atoms with Gasteiger partial charge in [-0.1, -0.05) is 18.2 Å². The lowest BCUT2D eigenvalue weighted by Crippen LogP contribution is -2.16. The quantitative estimate of drug-likeness (QED) is 0.564. The Hall–Kier alpha value is -3.24. The monoisotopic (exact) mass is 401 g/mol. The summed E-state index contributed by atoms with van der Waals surface area (Å²) in [5.41, 5.74) is 4.72. The van der Waals surface area contributed by atoms with Crippen molar-refractivity contribution in [3.05, 3.63) is 71.4 Å². The molecule has 0 saturated heterocycles. The standard InChI is InChI=1S/C18H13F2N5O2S/c19-11-6-4-10(5-7-11)9-27-18-21-8-13(20)16(23-18)22-17(26)12-2-1-3-14-15(12)28-25-24-14/h1-8,24-25H,9H2,(H,21,22,23,26). The van der Waals surface area contributed by atoms with E-state index in [1.54, 1.807) is 24.3 Å². The highest BCUT2D eigenvalue weighted by molar-refractivity contribution is 7.98. The number of amides is 1. The number of ether oxygens (including phenoxy) is 1. The van der Waals surface area contributed by atoms with E-state index in [0.717, 1.165) is 11.9 Å². The van der Waals surface area contributed by atoms with Crippen molar-refractivity contribution in [2.45, 2.75) is 11.5 Å². The Morgan fingerprint density at radius 3 is 2.82 bits per heavy atom. The Bertz CT molecular complexity index is 1030. The number of rotatable bonds is 5. The fourth-order valence-electron chi connectivity index (χ4n) is 2.47. The first kappa shape index (κ1) is 18.1. The lowest BCUT2D eigenvalue weighted by atomic mass is 10.2. The van der Waals surface area contributed by atoms with Crippen LogP contribution in [0.3, 0.4) is 0 Å². The van der Waals surface area contributed by atoms with Gasteiger partial charge in [0.05, 0.1) is 22.3 Å². The van der Waals surface area contributed by atoms with E-state index in [9.17, 15) is 13.6 Å². The summed E-state index contributed by atoms with van der Waals surface area (Å²) in [6.07, 6.45) is 0.913. The van der Waals surface area contributed by atoms with Crippen LogP contribution < -0.4 is 20.3 Å². The molecule has 142 valence electrons. The average Bonchev–Trinajstić information content (AvgIpc) is 3.18. The fraction of sp³-hybridized carbons (Fsp3) is 0.0556. The smallest absolute Gasteiger partial charge is 0.318 e. The number of fused-ring (bicyclic) bond motifs is 1. The lowest BCUT2D eigenvalue weighted by Gasteiger charge is -2.10. The largest absolute Gasteiger partial charge is 0.459 e. The van der Waals surface area contributed by atoms with Gasteiger partial charge in [-0.3, -0.25) is 4.79 Å². The summed E-state index contributed by atoms with van der Waals surface area (Å²) in [5, 5.41) is 2.44. The zero-order valence-electron chi connectivity index (χ0n) is 14.2. The van der Waals surface area contributed by atoms with E-state index < -0.39 is 11.7 Å². The van der Waals surface area contributed by atoms with E-state index in [1.807, 2.05) is 6.07 Å². The van der Waals surface area contributed by atoms with Crippen LogP contribution in [0, 0.1) is 11.6 Å². The van der Waals surface area contributed by atoms with Crippen molar-refractivity contribution in [2.75, 3.05) is 10.7 Å². The van der Waals surface area contributed by atoms with Crippen molar-refractivity contribution >= 4 is 29.4 Å². The van der Waals surface area contributed by atoms with E-state index >= 15 is 0 Å². The Morgan fingerprint density at radius 2 is 2.00 bits per heavy atom. The molecule has 2 aromatic carbocycles. The van der Waals surface area contributed by atoms with Gasteiger partial charge in [-0.2, -0.15) is 9.82 Å². The summed E-state index contributed by atoms with van der Waals surface area (Å²) in [6, 6.07) is 10.7. The second-order valence-electron chi connectivity index (χ2n) is 5.73. The van der Waals surface area contributed by atoms with Gasteiger partial charge in [-0.05, 0) is 41.8 Å². The topological polar surface area (TPSA) is 88.2 Å². The normalized spacial score (nSPS) is 12.2. The molecule has 0 radical (unpaired) electrons. The van der Waals surface area contributed by atoms with Crippen molar-refractivity contribution in [3.63, 3.8) is 0 Å². The predicted octanol–water partition coefficient (Wildman–Crippen LogP) is 3.52. The maximum absolute atomic E-state index is 14.1. The number of hydrogen-bond donors (Lipinski definition) is 3. The summed E-state index contributed by atoms with van der Waals surface area (Å²) in [6.45, 7) is 0.0689. The number of aromatic nitrogens is 2. The predicted molar refractivity (Wildman–Crippen MR) is 99.7 cm³/mol. The Labute approximate surface area is 162 Å². The van der Waals surface area contributed by atoms with Crippen LogP contribution in [0.15, 0.2) is 53.6 Å². The molecule has 0 atom stereocenters. The molecule has 4 rings (SSSR count). The maximum atomic E-state index is 14.1. The number of anilines is 2. The zero-order valence-corrected chi connectivity index (χ0v) is 15.0. The summed E-state index contributed by atoms with van der Waals surface area (Å²) >= 11 is 1.25. The van der Waals surface area contributed by atoms with Crippen LogP contribution in [0.2, 0.25) is 0 Å². The van der Waals surface area contributed by atoms with Gasteiger partial charge in [-0.25, -0.2) is 13.8 Å². The number of hydrogen-bond acceptors (Lipinski definition) is 7. The summed E-state index contributed by atoms with van der Waals surface area (Å²) < 4.78 is 32.4. The second kappa shape index (κ2) is 7.79. The van der Waals surface area contributed by atoms with Gasteiger partial charge in [0.25, 0.3) is 5.91 Å². The van der Waals surface area contributed by atoms with Crippen LogP contribution in [0.4, 0.5) is 20.3 Å². The SMILES string of the molecule is O=C(Nc1nc(OCc2ccc(F)cc2)ncc1F)c1cccc2c1SNN2. The third kappa shape index (κ3) is 3.87. The van der Waals surface area contributed by atoms with Gasteiger partial charge in [0.2, 0.25) is 0 Å². The van der Waals surface area contributed by atoms with Gasteiger partial charge < -0.3 is 15.5 Å². The first-order valence-electron chi connectivity index (χ1n) is 8.12. The van der Waals surface area contributed by atoms with E-state index in [-0.39, 0.29) is 24.3 Å². The maximum Gasteiger partial charge on any atom is 0.318 e. The van der Waals surface area contributed by atoms with Gasteiger partial charge >= 0.3 is 6.01 Å². The summed E-state index contributed by atoms with van der Waals surface area (Å²) in [5.74, 6) is -1.96. The highest BCUT2D eigenvalue weighted by atomic mass is 32.2. The number of nitrogens with one attached hydrogen (secondary N) is 3. The molecule has 1 aromatic heterocycles. The van der Waals surface area contributed by atoms with Crippen LogP contribution in [0.5, 0.6) is 6.01 Å². The molecule has 0 fully saturated rings. The molecule has 28 heavy (non-hydrogen) atoms. The Balaban J connectivity index is 1.49. The molecular weight excluding hydrogens is 388 g/mol. The summed E-state index contributed by atoms with van der Waals surface area (Å²) in [7, 11) is 0. The number of hydrazine groups is 1. The van der Waals surface area contributed by atoms with Crippen molar-refractivity contribution in [2.24, 2.45) is 0 Å². The van der Waals surface area contributed by atoms with Gasteiger partial charge in [0.15, 0.2) is 11.6 Å². The third-order valence-corrected chi connectivity index (χ3v) is 4.68. The number of benzene rings is 2. The molecule has 1 amide bonds. The van der Waals surface area contributed by atoms with Crippen molar-refractivity contribution < 1.29 is 18.3 Å². The molecule has 0 saturated carbocycles. The highest BCUT2D eigenvalue weighted by Gasteiger charge is 2.21. The molecule has 3 N–H and O–H groups in total. The van der Waals surface area contributed by atoms with Crippen LogP contribution in [0.1, 0.15) is 15.9 Å². The second-order valence-corrected chi connectivity index (χ2v) is 6.55. The molecule has 0 spiro atoms. The molecule has 1 aliphatic heterocycles. The molecule has 0 aliphatic carbocycles. The van der Waals surface area contributed by atoms with Gasteiger partial charge in [-0.15, -0.1) is 0 Å². The number of carbonyl (C=O) groups excluding carboxylic acids is 1. The first-order chi connectivity index (χ1) is 13.6. The van der Waals surface area contributed by atoms with Crippen LogP contribution >= 0.6 is 11.9 Å². The Kier molecular flexibility index (Phi) is 5.04. The van der Waals surface area contributed by atoms with Gasteiger partial charge in [0.1, 0.15) is 12.4 Å². The molecule has 10 heteroatoms. The molecule has 0 bridgehead atoms. The number of carbonyl (C=O) groups is 1. The average molecular weight is 401 g/mol. The fourth-order valence-corrected chi connectivity index (χ4v) is 3.23. The van der Waals surface area contributed by atoms with E-state index in [0.29, 0.717) is 16.0 Å². The molecule has 3 aromatic rings. The lowest BCUT2D eigenvalue weighted by molar-refractivity contribution is 0.102. The van der Waals surface area contributed by atoms with Gasteiger partial charge in [0, 0.05) is 0 Å². The van der Waals surface area contributed by atoms with Crippen molar-refractivity contribution in [1.82, 2.24) is 14.8 Å². The minimum atomic E-state index is -0.793. The van der Waals surface area contributed by atoms with E-state index in [1.165, 1.54) is 24.1 Å². The first-order valence-corrected chi connectivity index (χ1v) is 8.94. The number of halogens is 2. The van der Waals surface area contributed by atoms with E-state index in [4.69, 9.17) is 4.74 Å². The van der Waals surface area contributed by atoms with Crippen LogP contribution in [-0.4, -0.2) is 15.9 Å². The molecule has 7 nitrogen and oxygen atoms in total. The van der Waals surface area contributed by atoms with Crippen LogP contribution in [0.25, 0.3) is 0 Å². The van der Waals surface area contributed by atoms with Crippen LogP contribution in [-0.2, 0) is 6.61 Å². The third-order valence-electron chi connectivity index (χ3n) is 3.83.